The Morgan fingerprint density at radius 3 is 2.57 bits per heavy atom. The Morgan fingerprint density at radius 1 is 1.50 bits per heavy atom. The molecule has 3 nitrogen and oxygen atoms in total. The minimum atomic E-state index is -2.73. The van der Waals surface area contributed by atoms with E-state index in [1.165, 1.54) is 0 Å². The van der Waals surface area contributed by atoms with Crippen molar-refractivity contribution in [2.75, 3.05) is 11.5 Å². The number of hydrogen-bond donors (Lipinski definition) is 1. The number of nitrogens with two attached hydrogens (primary N) is 1. The van der Waals surface area contributed by atoms with E-state index in [0.29, 0.717) is 23.3 Å². The van der Waals surface area contributed by atoms with Crippen LogP contribution in [-0.4, -0.2) is 26.0 Å². The van der Waals surface area contributed by atoms with Crippen molar-refractivity contribution in [2.45, 2.75) is 39.2 Å². The molecule has 0 saturated carbocycles. The molecule has 1 aliphatic heterocycles. The first-order chi connectivity index (χ1) is 6.44. The molecule has 4 heteroatoms. The Hall–Kier alpha value is -0.0900. The van der Waals surface area contributed by atoms with Crippen molar-refractivity contribution in [3.63, 3.8) is 0 Å². The van der Waals surface area contributed by atoms with Gasteiger partial charge in [-0.1, -0.05) is 20.3 Å². The third-order valence-electron chi connectivity index (χ3n) is 3.31. The Morgan fingerprint density at radius 2 is 2.14 bits per heavy atom. The zero-order valence-corrected chi connectivity index (χ0v) is 9.89. The fraction of sp³-hybridized carbons (Fsp3) is 1.00. The van der Waals surface area contributed by atoms with E-state index in [1.807, 2.05) is 0 Å². The van der Waals surface area contributed by atoms with Gasteiger partial charge in [-0.15, -0.1) is 0 Å². The molecule has 3 atom stereocenters. The second kappa shape index (κ2) is 4.62. The molecule has 3 unspecified atom stereocenters. The summed E-state index contributed by atoms with van der Waals surface area (Å²) in [5, 5.41) is 0. The van der Waals surface area contributed by atoms with Gasteiger partial charge >= 0.3 is 0 Å². The van der Waals surface area contributed by atoms with Crippen molar-refractivity contribution in [1.29, 1.82) is 0 Å². The summed E-state index contributed by atoms with van der Waals surface area (Å²) in [5.74, 6) is 1.53. The average molecular weight is 219 g/mol. The minimum absolute atomic E-state index is 0.165. The van der Waals surface area contributed by atoms with E-state index in [0.717, 1.165) is 19.3 Å². The molecule has 1 aliphatic rings. The predicted octanol–water partition coefficient (Wildman–Crippen LogP) is 1.18. The van der Waals surface area contributed by atoms with Crippen LogP contribution in [0, 0.1) is 11.8 Å². The van der Waals surface area contributed by atoms with Gasteiger partial charge in [0, 0.05) is 6.04 Å². The standard InChI is InChI=1S/C10H21NO2S/c1-3-8(2)10(11)6-9-4-5-14(12,13)7-9/h8-10H,3-7,11H2,1-2H3. The average Bonchev–Trinajstić information content (AvgIpc) is 2.44. The Kier molecular flexibility index (Phi) is 3.95. The van der Waals surface area contributed by atoms with Gasteiger partial charge in [-0.2, -0.15) is 0 Å². The molecular weight excluding hydrogens is 198 g/mol. The second-order valence-corrected chi connectivity index (χ2v) is 6.78. The molecule has 0 aromatic heterocycles. The molecule has 14 heavy (non-hydrogen) atoms. The van der Waals surface area contributed by atoms with Crippen LogP contribution >= 0.6 is 0 Å². The molecule has 0 aliphatic carbocycles. The monoisotopic (exact) mass is 219 g/mol. The topological polar surface area (TPSA) is 60.2 Å². The fourth-order valence-electron chi connectivity index (χ4n) is 1.98. The van der Waals surface area contributed by atoms with Gasteiger partial charge in [-0.05, 0) is 24.7 Å². The van der Waals surface area contributed by atoms with Crippen LogP contribution in [0.15, 0.2) is 0 Å². The molecule has 0 amide bonds. The van der Waals surface area contributed by atoms with E-state index in [9.17, 15) is 8.42 Å². The summed E-state index contributed by atoms with van der Waals surface area (Å²) in [6.07, 6.45) is 2.75. The van der Waals surface area contributed by atoms with Gasteiger partial charge in [0.05, 0.1) is 11.5 Å². The Balaban J connectivity index is 2.39. The van der Waals surface area contributed by atoms with Crippen molar-refractivity contribution in [1.82, 2.24) is 0 Å². The van der Waals surface area contributed by atoms with Gasteiger partial charge in [-0.3, -0.25) is 0 Å². The summed E-state index contributed by atoms with van der Waals surface area (Å²) in [7, 11) is -2.73. The van der Waals surface area contributed by atoms with Crippen LogP contribution in [0.25, 0.3) is 0 Å². The van der Waals surface area contributed by atoms with Crippen molar-refractivity contribution in [3.8, 4) is 0 Å². The van der Waals surface area contributed by atoms with Crippen molar-refractivity contribution < 1.29 is 8.42 Å². The summed E-state index contributed by atoms with van der Waals surface area (Å²) in [6, 6.07) is 0.165. The van der Waals surface area contributed by atoms with Crippen LogP contribution in [0.4, 0.5) is 0 Å². The molecule has 0 spiro atoms. The summed E-state index contributed by atoms with van der Waals surface area (Å²) in [6.45, 7) is 4.25. The summed E-state index contributed by atoms with van der Waals surface area (Å²) < 4.78 is 22.4. The summed E-state index contributed by atoms with van der Waals surface area (Å²) >= 11 is 0. The first kappa shape index (κ1) is 12.0. The van der Waals surface area contributed by atoms with E-state index in [-0.39, 0.29) is 6.04 Å². The highest BCUT2D eigenvalue weighted by atomic mass is 32.2. The van der Waals surface area contributed by atoms with Crippen LogP contribution in [0.2, 0.25) is 0 Å². The van der Waals surface area contributed by atoms with Crippen LogP contribution in [0.3, 0.4) is 0 Å². The maximum atomic E-state index is 11.2. The molecule has 0 aromatic rings. The Labute approximate surface area is 87.0 Å². The Bertz CT molecular complexity index is 274. The lowest BCUT2D eigenvalue weighted by molar-refractivity contribution is 0.367. The SMILES string of the molecule is CCC(C)C(N)CC1CCS(=O)(=O)C1. The second-order valence-electron chi connectivity index (χ2n) is 4.55. The molecule has 2 N–H and O–H groups in total. The zero-order chi connectivity index (χ0) is 10.8. The summed E-state index contributed by atoms with van der Waals surface area (Å²) in [4.78, 5) is 0. The van der Waals surface area contributed by atoms with E-state index >= 15 is 0 Å². The fourth-order valence-corrected chi connectivity index (χ4v) is 3.86. The van der Waals surface area contributed by atoms with E-state index in [1.54, 1.807) is 0 Å². The third kappa shape index (κ3) is 3.24. The van der Waals surface area contributed by atoms with E-state index < -0.39 is 9.84 Å². The number of rotatable bonds is 4. The zero-order valence-electron chi connectivity index (χ0n) is 9.07. The third-order valence-corrected chi connectivity index (χ3v) is 5.14. The van der Waals surface area contributed by atoms with Crippen molar-refractivity contribution in [3.05, 3.63) is 0 Å². The van der Waals surface area contributed by atoms with Gasteiger partial charge in [0.2, 0.25) is 0 Å². The molecule has 84 valence electrons. The van der Waals surface area contributed by atoms with Crippen LogP contribution in [0.1, 0.15) is 33.1 Å². The quantitative estimate of drug-likeness (QED) is 0.772. The van der Waals surface area contributed by atoms with Crippen molar-refractivity contribution in [2.24, 2.45) is 17.6 Å². The smallest absolute Gasteiger partial charge is 0.150 e. The van der Waals surface area contributed by atoms with Crippen LogP contribution < -0.4 is 5.73 Å². The molecule has 0 bridgehead atoms. The lowest BCUT2D eigenvalue weighted by Crippen LogP contribution is -2.30. The van der Waals surface area contributed by atoms with E-state index in [4.69, 9.17) is 5.73 Å². The van der Waals surface area contributed by atoms with Crippen LogP contribution in [-0.2, 0) is 9.84 Å². The van der Waals surface area contributed by atoms with Gasteiger partial charge in [0.15, 0.2) is 9.84 Å². The first-order valence-electron chi connectivity index (χ1n) is 5.40. The molecule has 1 fully saturated rings. The normalized spacial score (nSPS) is 30.1. The first-order valence-corrected chi connectivity index (χ1v) is 7.22. The number of hydrogen-bond acceptors (Lipinski definition) is 3. The molecular formula is C10H21NO2S. The lowest BCUT2D eigenvalue weighted by atomic mass is 9.90. The van der Waals surface area contributed by atoms with Gasteiger partial charge in [0.25, 0.3) is 0 Å². The van der Waals surface area contributed by atoms with Gasteiger partial charge < -0.3 is 5.73 Å². The highest BCUT2D eigenvalue weighted by Gasteiger charge is 2.29. The lowest BCUT2D eigenvalue weighted by Gasteiger charge is -2.20. The highest BCUT2D eigenvalue weighted by Crippen LogP contribution is 2.24. The molecule has 1 saturated heterocycles. The molecule has 0 radical (unpaired) electrons. The van der Waals surface area contributed by atoms with Crippen LogP contribution in [0.5, 0.6) is 0 Å². The maximum absolute atomic E-state index is 11.2. The van der Waals surface area contributed by atoms with Crippen molar-refractivity contribution >= 4 is 9.84 Å². The molecule has 0 aromatic carbocycles. The minimum Gasteiger partial charge on any atom is -0.327 e. The molecule has 1 rings (SSSR count). The molecule has 1 heterocycles. The highest BCUT2D eigenvalue weighted by molar-refractivity contribution is 7.91. The van der Waals surface area contributed by atoms with Gasteiger partial charge in [0.1, 0.15) is 0 Å². The van der Waals surface area contributed by atoms with Gasteiger partial charge in [-0.25, -0.2) is 8.42 Å². The van der Waals surface area contributed by atoms with E-state index in [2.05, 4.69) is 13.8 Å². The number of sulfone groups is 1. The predicted molar refractivity (Wildman–Crippen MR) is 58.8 cm³/mol. The largest absolute Gasteiger partial charge is 0.327 e. The summed E-state index contributed by atoms with van der Waals surface area (Å²) in [5.41, 5.74) is 6.00. The maximum Gasteiger partial charge on any atom is 0.150 e.